The number of carbonyl (C=O) groups is 5. The van der Waals surface area contributed by atoms with E-state index in [1.54, 1.807) is 91.6 Å². The van der Waals surface area contributed by atoms with Crippen LogP contribution in [0.3, 0.4) is 0 Å². The molecule has 4 N–H and O–H groups in total. The molecule has 0 bridgehead atoms. The van der Waals surface area contributed by atoms with Gasteiger partial charge in [-0.2, -0.15) is 0 Å². The molecule has 0 unspecified atom stereocenters. The zero-order valence-electron chi connectivity index (χ0n) is 34.2. The molecular formula is C41H59N5O10. The Balaban J connectivity index is 1.58. The molecule has 0 fully saturated rings. The van der Waals surface area contributed by atoms with Crippen LogP contribution in [-0.2, 0) is 36.8 Å². The van der Waals surface area contributed by atoms with Gasteiger partial charge in [-0.05, 0) is 111 Å². The molecule has 56 heavy (non-hydrogen) atoms. The summed E-state index contributed by atoms with van der Waals surface area (Å²) in [5.41, 5.74) is 0.142. The summed E-state index contributed by atoms with van der Waals surface area (Å²) < 4.78 is 27.4. The van der Waals surface area contributed by atoms with Crippen molar-refractivity contribution in [1.29, 1.82) is 0 Å². The van der Waals surface area contributed by atoms with E-state index in [4.69, 9.17) is 23.7 Å². The van der Waals surface area contributed by atoms with Crippen LogP contribution in [-0.4, -0.2) is 89.3 Å². The number of ether oxygens (including phenoxy) is 5. The van der Waals surface area contributed by atoms with Crippen LogP contribution >= 0.6 is 0 Å². The molecule has 0 aliphatic heterocycles. The molecule has 15 heteroatoms. The summed E-state index contributed by atoms with van der Waals surface area (Å²) in [5.74, 6) is -0.379. The van der Waals surface area contributed by atoms with Gasteiger partial charge in [0, 0.05) is 49.7 Å². The quantitative estimate of drug-likeness (QED) is 0.0650. The highest BCUT2D eigenvalue weighted by atomic mass is 16.6. The third-order valence-electron chi connectivity index (χ3n) is 7.62. The second-order valence-corrected chi connectivity index (χ2v) is 16.3. The predicted octanol–water partition coefficient (Wildman–Crippen LogP) is 7.37. The number of unbranched alkanes of at least 4 members (excludes halogenated alkanes) is 1. The molecule has 0 saturated carbocycles. The minimum absolute atomic E-state index is 0.0291. The number of alkyl carbamates (subject to hydrolysis) is 2. The second kappa shape index (κ2) is 20.4. The first-order chi connectivity index (χ1) is 26.2. The molecule has 2 aromatic carbocycles. The Morgan fingerprint density at radius 2 is 1.32 bits per heavy atom. The number of aromatic nitrogens is 1. The fourth-order valence-electron chi connectivity index (χ4n) is 5.24. The average Bonchev–Trinajstić information content (AvgIpc) is 3.47. The predicted molar refractivity (Wildman–Crippen MR) is 211 cm³/mol. The van der Waals surface area contributed by atoms with Crippen molar-refractivity contribution in [3.05, 3.63) is 65.9 Å². The minimum Gasteiger partial charge on any atom is -0.459 e. The lowest BCUT2D eigenvalue weighted by Gasteiger charge is -2.27. The molecule has 0 aliphatic carbocycles. The topological polar surface area (TPSA) is 187 Å². The van der Waals surface area contributed by atoms with Gasteiger partial charge < -0.3 is 49.5 Å². The van der Waals surface area contributed by atoms with Gasteiger partial charge in [-0.3, -0.25) is 0 Å². The number of rotatable bonds is 16. The Morgan fingerprint density at radius 3 is 1.98 bits per heavy atom. The van der Waals surface area contributed by atoms with Crippen LogP contribution in [0.5, 0.6) is 5.75 Å². The summed E-state index contributed by atoms with van der Waals surface area (Å²) in [6.07, 6.45) is 1.03. The summed E-state index contributed by atoms with van der Waals surface area (Å²) in [5, 5.41) is 8.76. The highest BCUT2D eigenvalue weighted by Gasteiger charge is 2.27. The molecule has 0 radical (unpaired) electrons. The SMILES string of the molecule is CC(C)(C)OC(=O)NCCCCN(CCCNC(=O)Oc1ccc2[nH]cc(C[C@H](NC(=O)OC(C)(C)C)C(=O)OCc3ccccc3)c2c1)C(=O)OC(C)(C)C. The molecule has 15 nitrogen and oxygen atoms in total. The van der Waals surface area contributed by atoms with Gasteiger partial charge >= 0.3 is 30.3 Å². The Labute approximate surface area is 329 Å². The van der Waals surface area contributed by atoms with E-state index in [1.807, 2.05) is 30.3 Å². The summed E-state index contributed by atoms with van der Waals surface area (Å²) >= 11 is 0. The van der Waals surface area contributed by atoms with Gasteiger partial charge in [0.05, 0.1) is 0 Å². The lowest BCUT2D eigenvalue weighted by molar-refractivity contribution is -0.147. The summed E-state index contributed by atoms with van der Waals surface area (Å²) in [4.78, 5) is 68.4. The number of H-pyrrole nitrogens is 1. The number of carbonyl (C=O) groups excluding carboxylic acids is 5. The van der Waals surface area contributed by atoms with Crippen molar-refractivity contribution in [3.8, 4) is 5.75 Å². The molecule has 308 valence electrons. The zero-order chi connectivity index (χ0) is 41.5. The van der Waals surface area contributed by atoms with E-state index in [1.165, 1.54) is 0 Å². The van der Waals surface area contributed by atoms with Crippen LogP contribution in [0.1, 0.15) is 92.7 Å². The van der Waals surface area contributed by atoms with Crippen LogP contribution < -0.4 is 20.7 Å². The molecule has 1 aromatic heterocycles. The maximum absolute atomic E-state index is 13.3. The number of esters is 1. The van der Waals surface area contributed by atoms with Crippen molar-refractivity contribution in [2.75, 3.05) is 26.2 Å². The minimum atomic E-state index is -1.07. The number of hydrogen-bond acceptors (Lipinski definition) is 10. The van der Waals surface area contributed by atoms with Crippen LogP contribution in [0.25, 0.3) is 10.9 Å². The highest BCUT2D eigenvalue weighted by molar-refractivity contribution is 5.87. The smallest absolute Gasteiger partial charge is 0.412 e. The van der Waals surface area contributed by atoms with Gasteiger partial charge in [0.2, 0.25) is 0 Å². The largest absolute Gasteiger partial charge is 0.459 e. The number of amides is 4. The highest BCUT2D eigenvalue weighted by Crippen LogP contribution is 2.25. The number of nitrogens with one attached hydrogen (secondary N) is 4. The molecule has 4 amide bonds. The third kappa shape index (κ3) is 17.3. The van der Waals surface area contributed by atoms with Crippen LogP contribution in [0.4, 0.5) is 19.2 Å². The van der Waals surface area contributed by atoms with Gasteiger partial charge in [-0.25, -0.2) is 24.0 Å². The van der Waals surface area contributed by atoms with E-state index in [-0.39, 0.29) is 25.3 Å². The molecular weight excluding hydrogens is 722 g/mol. The van der Waals surface area contributed by atoms with E-state index in [0.717, 1.165) is 11.1 Å². The van der Waals surface area contributed by atoms with Gasteiger partial charge in [-0.1, -0.05) is 30.3 Å². The Hall–Kier alpha value is -5.47. The summed E-state index contributed by atoms with van der Waals surface area (Å²) in [6, 6.07) is 13.2. The first kappa shape index (κ1) is 44.9. The standard InChI is InChI=1S/C41H59N5O10/c1-39(2,3)54-36(49)43-20-13-14-22-46(38(51)56-41(7,8)9)23-15-21-42-35(48)53-30-18-19-32-31(25-30)29(26-44-32)24-33(45-37(50)55-40(4,5)6)34(47)52-27-28-16-11-10-12-17-28/h10-12,16-19,25-26,33,44H,13-15,20-24,27H2,1-9H3,(H,42,48)(H,43,49)(H,45,50)/t33-/m0/s1. The van der Waals surface area contributed by atoms with Crippen molar-refractivity contribution in [1.82, 2.24) is 25.8 Å². The number of nitrogens with zero attached hydrogens (tertiary/aromatic N) is 1. The molecule has 3 rings (SSSR count). The van der Waals surface area contributed by atoms with Crippen molar-refractivity contribution >= 4 is 41.2 Å². The molecule has 0 aliphatic rings. The van der Waals surface area contributed by atoms with Crippen LogP contribution in [0.2, 0.25) is 0 Å². The lowest BCUT2D eigenvalue weighted by Crippen LogP contribution is -2.45. The van der Waals surface area contributed by atoms with Crippen molar-refractivity contribution in [2.24, 2.45) is 0 Å². The van der Waals surface area contributed by atoms with E-state index >= 15 is 0 Å². The number of fused-ring (bicyclic) bond motifs is 1. The van der Waals surface area contributed by atoms with E-state index < -0.39 is 53.2 Å². The summed E-state index contributed by atoms with van der Waals surface area (Å²) in [6.45, 7) is 17.3. The average molecular weight is 782 g/mol. The zero-order valence-corrected chi connectivity index (χ0v) is 34.2. The Kier molecular flexibility index (Phi) is 16.4. The normalized spacial score (nSPS) is 12.2. The van der Waals surface area contributed by atoms with Crippen molar-refractivity contribution in [2.45, 2.75) is 117 Å². The maximum atomic E-state index is 13.3. The number of hydrogen-bond donors (Lipinski definition) is 4. The molecule has 1 atom stereocenters. The third-order valence-corrected chi connectivity index (χ3v) is 7.62. The van der Waals surface area contributed by atoms with E-state index in [2.05, 4.69) is 20.9 Å². The number of aromatic amines is 1. The van der Waals surface area contributed by atoms with E-state index in [0.29, 0.717) is 49.8 Å². The van der Waals surface area contributed by atoms with Crippen LogP contribution in [0, 0.1) is 0 Å². The van der Waals surface area contributed by atoms with Gasteiger partial charge in [0.15, 0.2) is 0 Å². The first-order valence-electron chi connectivity index (χ1n) is 18.9. The number of benzene rings is 2. The van der Waals surface area contributed by atoms with Gasteiger partial charge in [0.1, 0.15) is 35.2 Å². The van der Waals surface area contributed by atoms with Crippen LogP contribution in [0.15, 0.2) is 54.7 Å². The molecule has 0 spiro atoms. The molecule has 1 heterocycles. The Morgan fingerprint density at radius 1 is 0.714 bits per heavy atom. The van der Waals surface area contributed by atoms with Crippen molar-refractivity contribution in [3.63, 3.8) is 0 Å². The van der Waals surface area contributed by atoms with E-state index in [9.17, 15) is 24.0 Å². The van der Waals surface area contributed by atoms with Gasteiger partial charge in [0.25, 0.3) is 0 Å². The maximum Gasteiger partial charge on any atom is 0.412 e. The fraction of sp³-hybridized carbons (Fsp3) is 0.537. The molecule has 0 saturated heterocycles. The Bertz CT molecular complexity index is 1760. The monoisotopic (exact) mass is 781 g/mol. The first-order valence-corrected chi connectivity index (χ1v) is 18.9. The van der Waals surface area contributed by atoms with Crippen molar-refractivity contribution < 1.29 is 47.7 Å². The molecule has 3 aromatic rings. The fourth-order valence-corrected chi connectivity index (χ4v) is 5.24. The lowest BCUT2D eigenvalue weighted by atomic mass is 10.0. The second-order valence-electron chi connectivity index (χ2n) is 16.3. The van der Waals surface area contributed by atoms with Gasteiger partial charge in [-0.15, -0.1) is 0 Å². The summed E-state index contributed by atoms with van der Waals surface area (Å²) in [7, 11) is 0.